The van der Waals surface area contributed by atoms with E-state index >= 15 is 0 Å². The summed E-state index contributed by atoms with van der Waals surface area (Å²) in [6.45, 7) is 2.27. The van der Waals surface area contributed by atoms with Gasteiger partial charge in [0.25, 0.3) is 0 Å². The van der Waals surface area contributed by atoms with Crippen LogP contribution >= 0.6 is 46.3 Å². The van der Waals surface area contributed by atoms with Crippen LogP contribution in [0.2, 0.25) is 10.0 Å². The summed E-state index contributed by atoms with van der Waals surface area (Å²) >= 11 is 15.1. The van der Waals surface area contributed by atoms with E-state index in [9.17, 15) is 9.59 Å². The van der Waals surface area contributed by atoms with E-state index in [0.717, 1.165) is 47.0 Å². The van der Waals surface area contributed by atoms with Crippen LogP contribution in [0.5, 0.6) is 0 Å². The number of thioether (sulfide) groups is 1. The van der Waals surface area contributed by atoms with Gasteiger partial charge in [-0.25, -0.2) is 0 Å². The zero-order valence-corrected chi connectivity index (χ0v) is 25.0. The van der Waals surface area contributed by atoms with Crippen LogP contribution in [-0.2, 0) is 22.4 Å². The number of hydrogen-bond donors (Lipinski definition) is 2. The van der Waals surface area contributed by atoms with E-state index in [1.807, 2.05) is 24.3 Å². The van der Waals surface area contributed by atoms with Crippen LogP contribution in [0.4, 0.5) is 5.13 Å². The Balaban J connectivity index is 1.04. The van der Waals surface area contributed by atoms with Crippen LogP contribution in [-0.4, -0.2) is 38.0 Å². The van der Waals surface area contributed by atoms with Crippen molar-refractivity contribution >= 4 is 68.4 Å². The summed E-state index contributed by atoms with van der Waals surface area (Å²) < 4.78 is 0.0435. The Labute approximate surface area is 251 Å². The lowest BCUT2D eigenvalue weighted by molar-refractivity contribution is -0.119. The first kappa shape index (κ1) is 27.7. The zero-order chi connectivity index (χ0) is 27.9. The standard InChI is InChI=1S/C29H29Cl2N5O2S2/c1-16-25-29(16,40-27(34-25)32-23(37)13-17-5-9-21(30)10-6-17)20-4-2-3-19(15-20)26-35-36-28(39-26)33-24(38)14-18-7-11-22(31)12-8-18/h5-12,16,19-20,25H,2-4,13-15H2,1H3,(H,32,34,37)(H,33,36,38). The number of halogens is 2. The first-order valence-corrected chi connectivity index (χ1v) is 15.9. The fourth-order valence-electron chi connectivity index (χ4n) is 6.15. The minimum Gasteiger partial charge on any atom is -0.305 e. The maximum Gasteiger partial charge on any atom is 0.230 e. The van der Waals surface area contributed by atoms with E-state index in [4.69, 9.17) is 28.2 Å². The third-order valence-corrected chi connectivity index (χ3v) is 11.4. The smallest absolute Gasteiger partial charge is 0.230 e. The number of carbonyl (C=O) groups is 2. The van der Waals surface area contributed by atoms with Gasteiger partial charge < -0.3 is 10.6 Å². The van der Waals surface area contributed by atoms with E-state index in [1.54, 1.807) is 36.0 Å². The Morgan fingerprint density at radius 3 is 2.20 bits per heavy atom. The molecule has 6 rings (SSSR count). The lowest BCUT2D eigenvalue weighted by atomic mass is 9.78. The molecule has 5 unspecified atom stereocenters. The third kappa shape index (κ3) is 5.79. The molecule has 5 atom stereocenters. The van der Waals surface area contributed by atoms with Gasteiger partial charge in [0, 0.05) is 16.0 Å². The molecule has 1 aliphatic heterocycles. The first-order chi connectivity index (χ1) is 19.3. The molecule has 2 saturated carbocycles. The average molecular weight is 615 g/mol. The van der Waals surface area contributed by atoms with Crippen molar-refractivity contribution in [1.82, 2.24) is 15.5 Å². The van der Waals surface area contributed by atoms with Crippen molar-refractivity contribution in [3.8, 4) is 0 Å². The van der Waals surface area contributed by atoms with Gasteiger partial charge in [-0.05, 0) is 66.5 Å². The Morgan fingerprint density at radius 2 is 1.55 bits per heavy atom. The van der Waals surface area contributed by atoms with Crippen molar-refractivity contribution in [2.75, 3.05) is 5.32 Å². The number of rotatable bonds is 7. The van der Waals surface area contributed by atoms with Crippen LogP contribution in [0.1, 0.15) is 54.7 Å². The van der Waals surface area contributed by atoms with E-state index in [2.05, 4.69) is 27.8 Å². The Bertz CT molecular complexity index is 1450. The second kappa shape index (κ2) is 11.4. The normalized spacial score (nSPS) is 27.0. The molecule has 0 saturated heterocycles. The molecule has 3 aliphatic rings. The zero-order valence-electron chi connectivity index (χ0n) is 21.9. The molecule has 2 heterocycles. The molecule has 11 heteroatoms. The number of amides is 2. The number of amidine groups is 1. The Morgan fingerprint density at radius 1 is 0.925 bits per heavy atom. The second-order valence-electron chi connectivity index (χ2n) is 10.8. The van der Waals surface area contributed by atoms with E-state index in [1.165, 1.54) is 11.3 Å². The number of aliphatic imine (C=N–C) groups is 1. The molecule has 3 aromatic rings. The molecule has 208 valence electrons. The van der Waals surface area contributed by atoms with Crippen LogP contribution in [0.25, 0.3) is 0 Å². The number of carbonyl (C=O) groups excluding carboxylic acids is 2. The van der Waals surface area contributed by atoms with Gasteiger partial charge in [-0.15, -0.1) is 10.2 Å². The van der Waals surface area contributed by atoms with Gasteiger partial charge >= 0.3 is 0 Å². The van der Waals surface area contributed by atoms with Crippen LogP contribution in [0, 0.1) is 11.8 Å². The van der Waals surface area contributed by atoms with E-state index in [0.29, 0.717) is 39.4 Å². The summed E-state index contributed by atoms with van der Waals surface area (Å²) in [6, 6.07) is 14.8. The molecule has 2 fully saturated rings. The molecule has 2 aromatic carbocycles. The first-order valence-electron chi connectivity index (χ1n) is 13.5. The number of fused-ring (bicyclic) bond motifs is 1. The molecule has 2 aliphatic carbocycles. The molecular formula is C29H29Cl2N5O2S2. The molecule has 2 amide bonds. The van der Waals surface area contributed by atoms with Gasteiger partial charge in [-0.2, -0.15) is 0 Å². The van der Waals surface area contributed by atoms with Gasteiger partial charge in [0.2, 0.25) is 16.9 Å². The molecule has 0 spiro atoms. The van der Waals surface area contributed by atoms with E-state index in [-0.39, 0.29) is 29.0 Å². The lowest BCUT2D eigenvalue weighted by Crippen LogP contribution is -2.33. The number of aromatic nitrogens is 2. The van der Waals surface area contributed by atoms with Crippen molar-refractivity contribution in [2.24, 2.45) is 16.8 Å². The number of nitrogens with zero attached hydrogens (tertiary/aromatic N) is 3. The summed E-state index contributed by atoms with van der Waals surface area (Å²) in [7, 11) is 0. The second-order valence-corrected chi connectivity index (χ2v) is 14.0. The minimum atomic E-state index is -0.120. The highest BCUT2D eigenvalue weighted by atomic mass is 35.5. The monoisotopic (exact) mass is 613 g/mol. The minimum absolute atomic E-state index is 0.0435. The van der Waals surface area contributed by atoms with Crippen LogP contribution < -0.4 is 10.6 Å². The van der Waals surface area contributed by atoms with Crippen molar-refractivity contribution in [3.05, 3.63) is 74.7 Å². The predicted octanol–water partition coefficient (Wildman–Crippen LogP) is 6.52. The summed E-state index contributed by atoms with van der Waals surface area (Å²) in [5.41, 5.74) is 1.82. The summed E-state index contributed by atoms with van der Waals surface area (Å²) in [6.07, 6.45) is 4.90. The maximum atomic E-state index is 12.7. The highest BCUT2D eigenvalue weighted by Gasteiger charge is 2.70. The quantitative estimate of drug-likeness (QED) is 0.316. The average Bonchev–Trinajstić information content (AvgIpc) is 3.28. The fourth-order valence-corrected chi connectivity index (χ4v) is 8.98. The van der Waals surface area contributed by atoms with Crippen molar-refractivity contribution in [1.29, 1.82) is 0 Å². The summed E-state index contributed by atoms with van der Waals surface area (Å²) in [5.74, 6) is 1.10. The third-order valence-electron chi connectivity index (χ3n) is 8.22. The van der Waals surface area contributed by atoms with Crippen molar-refractivity contribution in [3.63, 3.8) is 0 Å². The molecular weight excluding hydrogens is 585 g/mol. The highest BCUT2D eigenvalue weighted by Crippen LogP contribution is 2.67. The number of hydrogen-bond acceptors (Lipinski definition) is 7. The van der Waals surface area contributed by atoms with Crippen LogP contribution in [0.15, 0.2) is 53.5 Å². The lowest BCUT2D eigenvalue weighted by Gasteiger charge is -2.33. The van der Waals surface area contributed by atoms with Gasteiger partial charge in [-0.3, -0.25) is 14.6 Å². The van der Waals surface area contributed by atoms with Gasteiger partial charge in [0.1, 0.15) is 5.01 Å². The highest BCUT2D eigenvalue weighted by molar-refractivity contribution is 8.15. The van der Waals surface area contributed by atoms with Gasteiger partial charge in [0.05, 0.1) is 23.6 Å². The Hall–Kier alpha value is -2.46. The maximum absolute atomic E-state index is 12.7. The predicted molar refractivity (Wildman–Crippen MR) is 162 cm³/mol. The van der Waals surface area contributed by atoms with E-state index < -0.39 is 0 Å². The number of anilines is 1. The topological polar surface area (TPSA) is 96.3 Å². The van der Waals surface area contributed by atoms with Crippen molar-refractivity contribution in [2.45, 2.75) is 62.2 Å². The molecule has 7 nitrogen and oxygen atoms in total. The summed E-state index contributed by atoms with van der Waals surface area (Å²) in [4.78, 5) is 30.1. The largest absolute Gasteiger partial charge is 0.305 e. The van der Waals surface area contributed by atoms with Gasteiger partial charge in [-0.1, -0.05) is 83.9 Å². The Kier molecular flexibility index (Phi) is 7.92. The SMILES string of the molecule is CC1C2N=C(NC(=O)Cc3ccc(Cl)cc3)SC12C1CCCC(c2nnc(NC(=O)Cc3ccc(Cl)cc3)s2)C1. The van der Waals surface area contributed by atoms with Crippen LogP contribution in [0.3, 0.4) is 0 Å². The molecule has 40 heavy (non-hydrogen) atoms. The number of benzene rings is 2. The molecule has 2 N–H and O–H groups in total. The van der Waals surface area contributed by atoms with Crippen molar-refractivity contribution < 1.29 is 9.59 Å². The molecule has 0 bridgehead atoms. The van der Waals surface area contributed by atoms with Gasteiger partial charge in [0.15, 0.2) is 5.17 Å². The summed E-state index contributed by atoms with van der Waals surface area (Å²) in [5, 5.41) is 18.2. The molecule has 0 radical (unpaired) electrons. The molecule has 1 aromatic heterocycles. The number of nitrogens with one attached hydrogen (secondary N) is 2. The fraction of sp³-hybridized carbons (Fsp3) is 0.414.